The first-order valence-corrected chi connectivity index (χ1v) is 14.1. The van der Waals surface area contributed by atoms with E-state index in [0.717, 1.165) is 6.42 Å². The molecule has 1 aromatic heterocycles. The minimum Gasteiger partial charge on any atom is -0.495 e. The van der Waals surface area contributed by atoms with Crippen molar-refractivity contribution in [2.75, 3.05) is 27.7 Å². The van der Waals surface area contributed by atoms with E-state index in [9.17, 15) is 18.3 Å². The number of likely N-dealkylation sites (N-methyl/N-ethyl adjacent to an activating group) is 1. The smallest absolute Gasteiger partial charge is 0.339 e. The van der Waals surface area contributed by atoms with Gasteiger partial charge in [0.2, 0.25) is 10.0 Å². The highest BCUT2D eigenvalue weighted by Crippen LogP contribution is 2.57. The van der Waals surface area contributed by atoms with Crippen molar-refractivity contribution >= 4 is 27.6 Å². The number of carbonyl (C=O) groups is 1. The molecular weight excluding hydrogens is 544 g/mol. The molecule has 5 rings (SSSR count). The summed E-state index contributed by atoms with van der Waals surface area (Å²) >= 11 is 6.07. The molecular formula is C26H29ClN6O5S. The standard InChI is InChI=1S/C26H29ClN6O5S/c1-26(15-31(2)30-29-26)21-12-19(21)24-20(25(34)35)13-28-33(24)18-7-5-6-16(10-18)14-32(3)39(36,37)23-11-17(27)8-9-22(23)38-4/h5-11,13,19,21H,12,14-15H2,1-4H3,(H,34,35)/t19-,21-,26?/m1/s1. The number of carboxylic acid groups (broad SMARTS) is 1. The Bertz CT molecular complexity index is 1570. The number of sulfonamides is 1. The zero-order valence-electron chi connectivity index (χ0n) is 21.9. The summed E-state index contributed by atoms with van der Waals surface area (Å²) in [6.45, 7) is 2.76. The monoisotopic (exact) mass is 572 g/mol. The summed E-state index contributed by atoms with van der Waals surface area (Å²) in [6, 6.07) is 11.7. The van der Waals surface area contributed by atoms with Crippen LogP contribution in [0.4, 0.5) is 0 Å². The van der Waals surface area contributed by atoms with Crippen LogP contribution in [0.1, 0.15) is 40.9 Å². The fraction of sp³-hybridized carbons (Fsp3) is 0.385. The van der Waals surface area contributed by atoms with Crippen LogP contribution in [-0.4, -0.2) is 71.9 Å². The van der Waals surface area contributed by atoms with Crippen molar-refractivity contribution in [1.29, 1.82) is 0 Å². The van der Waals surface area contributed by atoms with E-state index in [1.807, 2.05) is 32.2 Å². The SMILES string of the molecule is COc1ccc(Cl)cc1S(=O)(=O)N(C)Cc1cccc(-n2ncc(C(=O)O)c2[C@@H]2C[C@H]2C2(C)CN(C)N=N2)c1. The minimum absolute atomic E-state index is 0.0282. The number of benzene rings is 2. The Morgan fingerprint density at radius 1 is 1.28 bits per heavy atom. The van der Waals surface area contributed by atoms with Gasteiger partial charge in [-0.1, -0.05) is 29.0 Å². The van der Waals surface area contributed by atoms with Gasteiger partial charge < -0.3 is 9.84 Å². The summed E-state index contributed by atoms with van der Waals surface area (Å²) in [4.78, 5) is 12.1. The molecule has 0 radical (unpaired) electrons. The number of halogens is 1. The number of methoxy groups -OCH3 is 1. The molecule has 0 amide bonds. The fourth-order valence-electron chi connectivity index (χ4n) is 5.31. The van der Waals surface area contributed by atoms with E-state index in [2.05, 4.69) is 15.4 Å². The van der Waals surface area contributed by atoms with E-state index in [1.54, 1.807) is 21.8 Å². The predicted molar refractivity (Wildman–Crippen MR) is 144 cm³/mol. The quantitative estimate of drug-likeness (QED) is 0.406. The van der Waals surface area contributed by atoms with Gasteiger partial charge in [0.25, 0.3) is 0 Å². The average molecular weight is 573 g/mol. The first-order valence-electron chi connectivity index (χ1n) is 12.3. The first-order chi connectivity index (χ1) is 18.4. The molecule has 1 aliphatic heterocycles. The molecule has 1 unspecified atom stereocenters. The van der Waals surface area contributed by atoms with Crippen LogP contribution in [0.5, 0.6) is 5.75 Å². The fourth-order valence-corrected chi connectivity index (χ4v) is 6.89. The molecule has 3 aromatic rings. The average Bonchev–Trinajstić information content (AvgIpc) is 3.44. The van der Waals surface area contributed by atoms with Gasteiger partial charge in [-0.05, 0) is 55.2 Å². The minimum atomic E-state index is -3.93. The third-order valence-corrected chi connectivity index (χ3v) is 9.39. The third kappa shape index (κ3) is 4.99. The van der Waals surface area contributed by atoms with Crippen molar-refractivity contribution in [3.63, 3.8) is 0 Å². The second-order valence-electron chi connectivity index (χ2n) is 10.2. The second-order valence-corrected chi connectivity index (χ2v) is 12.6. The molecule has 1 N–H and O–H groups in total. The number of ether oxygens (including phenoxy) is 1. The van der Waals surface area contributed by atoms with E-state index in [4.69, 9.17) is 16.3 Å². The molecule has 11 nitrogen and oxygen atoms in total. The Morgan fingerprint density at radius 2 is 2.05 bits per heavy atom. The Hall–Kier alpha value is -3.48. The van der Waals surface area contributed by atoms with E-state index >= 15 is 0 Å². The van der Waals surface area contributed by atoms with Crippen LogP contribution in [0.15, 0.2) is 63.9 Å². The maximum absolute atomic E-state index is 13.4. The van der Waals surface area contributed by atoms with Crippen molar-refractivity contribution in [3.05, 3.63) is 70.5 Å². The third-order valence-electron chi connectivity index (χ3n) is 7.33. The van der Waals surface area contributed by atoms with Crippen LogP contribution in [0.2, 0.25) is 5.02 Å². The van der Waals surface area contributed by atoms with Gasteiger partial charge in [-0.15, -0.1) is 0 Å². The maximum atomic E-state index is 13.4. The molecule has 206 valence electrons. The lowest BCUT2D eigenvalue weighted by Gasteiger charge is -2.20. The normalized spacial score (nSPS) is 22.5. The van der Waals surface area contributed by atoms with Gasteiger partial charge in [0.1, 0.15) is 21.7 Å². The number of nitrogens with zero attached hydrogens (tertiary/aromatic N) is 6. The van der Waals surface area contributed by atoms with Gasteiger partial charge in [0.15, 0.2) is 0 Å². The number of hydrogen-bond acceptors (Lipinski definition) is 8. The molecule has 0 spiro atoms. The van der Waals surface area contributed by atoms with Crippen LogP contribution in [0.3, 0.4) is 0 Å². The molecule has 0 saturated heterocycles. The van der Waals surface area contributed by atoms with Gasteiger partial charge in [-0.25, -0.2) is 17.9 Å². The number of aromatic carboxylic acids is 1. The molecule has 39 heavy (non-hydrogen) atoms. The highest BCUT2D eigenvalue weighted by Gasteiger charge is 2.55. The lowest BCUT2D eigenvalue weighted by atomic mass is 9.94. The molecule has 0 bridgehead atoms. The topological polar surface area (TPSA) is 130 Å². The zero-order chi connectivity index (χ0) is 28.1. The second kappa shape index (κ2) is 9.92. The summed E-state index contributed by atoms with van der Waals surface area (Å²) in [5, 5.41) is 25.0. The van der Waals surface area contributed by atoms with Crippen LogP contribution < -0.4 is 4.74 Å². The van der Waals surface area contributed by atoms with E-state index in [1.165, 1.54) is 36.8 Å². The summed E-state index contributed by atoms with van der Waals surface area (Å²) in [6.07, 6.45) is 2.14. The molecule has 13 heteroatoms. The number of hydrogen-bond donors (Lipinski definition) is 1. The molecule has 3 atom stereocenters. The van der Waals surface area contributed by atoms with E-state index in [-0.39, 0.29) is 39.6 Å². The van der Waals surface area contributed by atoms with Gasteiger partial charge in [-0.3, -0.25) is 5.01 Å². The van der Waals surface area contributed by atoms with Crippen molar-refractivity contribution < 1.29 is 23.1 Å². The zero-order valence-corrected chi connectivity index (χ0v) is 23.5. The van der Waals surface area contributed by atoms with Crippen LogP contribution in [-0.2, 0) is 16.6 Å². The van der Waals surface area contributed by atoms with Crippen LogP contribution in [0, 0.1) is 5.92 Å². The van der Waals surface area contributed by atoms with Gasteiger partial charge >= 0.3 is 5.97 Å². The number of aromatic nitrogens is 2. The lowest BCUT2D eigenvalue weighted by molar-refractivity contribution is 0.0695. The van der Waals surface area contributed by atoms with Gasteiger partial charge in [-0.2, -0.15) is 14.5 Å². The maximum Gasteiger partial charge on any atom is 0.339 e. The summed E-state index contributed by atoms with van der Waals surface area (Å²) in [5.41, 5.74) is 1.70. The molecule has 2 heterocycles. The Morgan fingerprint density at radius 3 is 2.72 bits per heavy atom. The molecule has 1 fully saturated rings. The molecule has 2 aromatic carbocycles. The molecule has 1 aliphatic carbocycles. The summed E-state index contributed by atoms with van der Waals surface area (Å²) in [5.74, 6) is -0.763. The molecule has 2 aliphatic rings. The number of rotatable bonds is 9. The van der Waals surface area contributed by atoms with Crippen molar-refractivity contribution in [1.82, 2.24) is 19.1 Å². The van der Waals surface area contributed by atoms with E-state index in [0.29, 0.717) is 23.5 Å². The highest BCUT2D eigenvalue weighted by atomic mass is 35.5. The lowest BCUT2D eigenvalue weighted by Crippen LogP contribution is -2.32. The Kier molecular flexibility index (Phi) is 6.90. The van der Waals surface area contributed by atoms with Gasteiger partial charge in [0, 0.05) is 31.6 Å². The van der Waals surface area contributed by atoms with Crippen molar-refractivity contribution in [2.24, 2.45) is 16.3 Å². The number of carboxylic acids is 1. The van der Waals surface area contributed by atoms with Crippen LogP contribution >= 0.6 is 11.6 Å². The molecule has 1 saturated carbocycles. The van der Waals surface area contributed by atoms with Crippen molar-refractivity contribution in [2.45, 2.75) is 36.2 Å². The predicted octanol–water partition coefficient (Wildman–Crippen LogP) is 4.23. The first kappa shape index (κ1) is 27.1. The van der Waals surface area contributed by atoms with Crippen molar-refractivity contribution in [3.8, 4) is 11.4 Å². The van der Waals surface area contributed by atoms with E-state index < -0.39 is 21.5 Å². The Labute approximate surface area is 231 Å². The largest absolute Gasteiger partial charge is 0.495 e. The Balaban J connectivity index is 1.44. The van der Waals surface area contributed by atoms with Gasteiger partial charge in [0.05, 0.1) is 31.2 Å². The van der Waals surface area contributed by atoms with Crippen LogP contribution in [0.25, 0.3) is 5.69 Å². The summed E-state index contributed by atoms with van der Waals surface area (Å²) < 4.78 is 34.8. The highest BCUT2D eigenvalue weighted by molar-refractivity contribution is 7.89. The summed E-state index contributed by atoms with van der Waals surface area (Å²) in [7, 11) is 0.818.